The number of nitrogens with zero attached hydrogens (tertiary/aromatic N) is 3. The molecule has 0 atom stereocenters. The second kappa shape index (κ2) is 11.0. The number of carbonyl (C=O) groups excluding carboxylic acids is 2. The monoisotopic (exact) mass is 469 g/mol. The van der Waals surface area contributed by atoms with Gasteiger partial charge in [-0.15, -0.1) is 0 Å². The molecular weight excluding hydrogens is 449 g/mol. The molecule has 0 saturated heterocycles. The quantitative estimate of drug-likeness (QED) is 0.522. The van der Waals surface area contributed by atoms with Crippen LogP contribution < -0.4 is 15.5 Å². The van der Waals surface area contributed by atoms with E-state index in [-0.39, 0.29) is 6.03 Å². The highest BCUT2D eigenvalue weighted by Crippen LogP contribution is 2.27. The minimum Gasteiger partial charge on any atom is -0.341 e. The van der Waals surface area contributed by atoms with Crippen molar-refractivity contribution in [2.24, 2.45) is 0 Å². The van der Waals surface area contributed by atoms with Crippen molar-refractivity contribution in [3.05, 3.63) is 52.5 Å². The van der Waals surface area contributed by atoms with Crippen LogP contribution in [0.2, 0.25) is 10.0 Å². The van der Waals surface area contributed by atoms with Crippen LogP contribution in [0.25, 0.3) is 10.2 Å². The van der Waals surface area contributed by atoms with E-state index in [0.29, 0.717) is 20.9 Å². The van der Waals surface area contributed by atoms with Crippen molar-refractivity contribution in [3.8, 4) is 0 Å². The highest BCUT2D eigenvalue weighted by Gasteiger charge is 2.13. The SMILES string of the molecule is CNC(=O)N(C)c1nc2ccccc2s1.CON(C)C(=O)Nc1ccc(Cl)c(Cl)c1. The normalized spacial score (nSPS) is 10.1. The molecule has 1 aromatic heterocycles. The topological polar surface area (TPSA) is 86.8 Å². The standard InChI is InChI=1S/C10H11N3OS.C9H10Cl2N2O2/c1-11-9(14)13(2)10-12-7-5-3-4-6-8(7)15-10;1-13(15-2)9(14)12-6-3-4-7(10)8(11)5-6/h3-6H,1-2H3,(H,11,14);3-5H,1-2H3,(H,12,14). The van der Waals surface area contributed by atoms with Gasteiger partial charge in [-0.25, -0.2) is 19.6 Å². The number of rotatable bonds is 3. The largest absolute Gasteiger partial charge is 0.345 e. The van der Waals surface area contributed by atoms with E-state index in [4.69, 9.17) is 28.0 Å². The third-order valence-corrected chi connectivity index (χ3v) is 5.67. The fourth-order valence-electron chi connectivity index (χ4n) is 2.12. The van der Waals surface area contributed by atoms with E-state index < -0.39 is 6.03 Å². The third kappa shape index (κ3) is 6.20. The molecule has 2 aromatic carbocycles. The van der Waals surface area contributed by atoms with Crippen molar-refractivity contribution in [3.63, 3.8) is 0 Å². The lowest BCUT2D eigenvalue weighted by Crippen LogP contribution is -2.34. The Labute approximate surface area is 188 Å². The molecule has 3 aromatic rings. The lowest BCUT2D eigenvalue weighted by molar-refractivity contribution is -0.0598. The van der Waals surface area contributed by atoms with Crippen molar-refractivity contribution in [2.45, 2.75) is 0 Å². The Balaban J connectivity index is 0.000000214. The van der Waals surface area contributed by atoms with Gasteiger partial charge in [0.1, 0.15) is 0 Å². The Bertz CT molecular complexity index is 997. The number of amides is 4. The Morgan fingerprint density at radius 2 is 1.77 bits per heavy atom. The van der Waals surface area contributed by atoms with Crippen LogP contribution in [-0.4, -0.2) is 50.4 Å². The number of halogens is 2. The smallest absolute Gasteiger partial charge is 0.341 e. The summed E-state index contributed by atoms with van der Waals surface area (Å²) in [7, 11) is 6.20. The van der Waals surface area contributed by atoms with E-state index in [9.17, 15) is 9.59 Å². The number of anilines is 2. The molecule has 0 aliphatic carbocycles. The summed E-state index contributed by atoms with van der Waals surface area (Å²) >= 11 is 13.0. The summed E-state index contributed by atoms with van der Waals surface area (Å²) in [6.07, 6.45) is 0. The van der Waals surface area contributed by atoms with Crippen molar-refractivity contribution < 1.29 is 14.4 Å². The molecule has 0 fully saturated rings. The van der Waals surface area contributed by atoms with E-state index in [0.717, 1.165) is 15.3 Å². The molecule has 8 nitrogen and oxygen atoms in total. The number of hydrogen-bond acceptors (Lipinski definition) is 5. The van der Waals surface area contributed by atoms with Crippen molar-refractivity contribution in [1.29, 1.82) is 0 Å². The summed E-state index contributed by atoms with van der Waals surface area (Å²) in [6, 6.07) is 12.1. The first-order chi connectivity index (χ1) is 14.3. The van der Waals surface area contributed by atoms with Crippen LogP contribution in [0.1, 0.15) is 0 Å². The van der Waals surface area contributed by atoms with Crippen molar-refractivity contribution >= 4 is 67.6 Å². The maximum absolute atomic E-state index is 11.4. The number of thiazole rings is 1. The Morgan fingerprint density at radius 3 is 2.37 bits per heavy atom. The van der Waals surface area contributed by atoms with Crippen LogP contribution >= 0.6 is 34.5 Å². The molecular formula is C19H21Cl2N5O3S. The maximum Gasteiger partial charge on any atom is 0.345 e. The van der Waals surface area contributed by atoms with Gasteiger partial charge in [0.2, 0.25) is 0 Å². The fraction of sp³-hybridized carbons (Fsp3) is 0.211. The van der Waals surface area contributed by atoms with Gasteiger partial charge in [-0.2, -0.15) is 0 Å². The lowest BCUT2D eigenvalue weighted by atomic mass is 10.3. The van der Waals surface area contributed by atoms with Gasteiger partial charge in [-0.05, 0) is 30.3 Å². The summed E-state index contributed by atoms with van der Waals surface area (Å²) in [5, 5.41) is 7.73. The Morgan fingerprint density at radius 1 is 1.07 bits per heavy atom. The molecule has 160 valence electrons. The molecule has 2 N–H and O–H groups in total. The Hall–Kier alpha value is -2.59. The maximum atomic E-state index is 11.4. The van der Waals surface area contributed by atoms with Gasteiger partial charge in [-0.3, -0.25) is 9.74 Å². The summed E-state index contributed by atoms with van der Waals surface area (Å²) in [6.45, 7) is 0. The summed E-state index contributed by atoms with van der Waals surface area (Å²) < 4.78 is 1.09. The zero-order chi connectivity index (χ0) is 22.3. The molecule has 0 saturated carbocycles. The predicted molar refractivity (Wildman–Crippen MR) is 123 cm³/mol. The number of fused-ring (bicyclic) bond motifs is 1. The molecule has 4 amide bonds. The van der Waals surface area contributed by atoms with E-state index >= 15 is 0 Å². The van der Waals surface area contributed by atoms with Crippen LogP contribution in [0.3, 0.4) is 0 Å². The molecule has 0 aliphatic heterocycles. The molecule has 0 spiro atoms. The second-order valence-electron chi connectivity index (χ2n) is 5.82. The van der Waals surface area contributed by atoms with Crippen LogP contribution in [-0.2, 0) is 4.84 Å². The first-order valence-corrected chi connectivity index (χ1v) is 10.2. The molecule has 0 bridgehead atoms. The van der Waals surface area contributed by atoms with Gasteiger partial charge in [0.15, 0.2) is 5.13 Å². The van der Waals surface area contributed by atoms with Gasteiger partial charge in [0.05, 0.1) is 27.4 Å². The zero-order valence-corrected chi connectivity index (χ0v) is 19.1. The number of hydroxylamine groups is 2. The summed E-state index contributed by atoms with van der Waals surface area (Å²) in [5.74, 6) is 0. The summed E-state index contributed by atoms with van der Waals surface area (Å²) in [5.41, 5.74) is 1.48. The van der Waals surface area contributed by atoms with Gasteiger partial charge >= 0.3 is 12.1 Å². The van der Waals surface area contributed by atoms with Gasteiger partial charge in [-0.1, -0.05) is 46.7 Å². The third-order valence-electron chi connectivity index (χ3n) is 3.82. The highest BCUT2D eigenvalue weighted by atomic mass is 35.5. The number of hydrogen-bond donors (Lipinski definition) is 2. The van der Waals surface area contributed by atoms with Gasteiger partial charge in [0.25, 0.3) is 0 Å². The first-order valence-electron chi connectivity index (χ1n) is 8.61. The molecule has 11 heteroatoms. The highest BCUT2D eigenvalue weighted by molar-refractivity contribution is 7.22. The summed E-state index contributed by atoms with van der Waals surface area (Å²) in [4.78, 5) is 33.3. The van der Waals surface area contributed by atoms with E-state index in [1.165, 1.54) is 30.4 Å². The number of nitrogens with one attached hydrogen (secondary N) is 2. The van der Waals surface area contributed by atoms with E-state index in [2.05, 4.69) is 15.6 Å². The van der Waals surface area contributed by atoms with E-state index in [1.54, 1.807) is 32.3 Å². The van der Waals surface area contributed by atoms with Crippen LogP contribution in [0.5, 0.6) is 0 Å². The molecule has 30 heavy (non-hydrogen) atoms. The van der Waals surface area contributed by atoms with Gasteiger partial charge < -0.3 is 10.6 Å². The average molecular weight is 470 g/mol. The number of para-hydroxylation sites is 1. The molecule has 0 unspecified atom stereocenters. The Kier molecular flexibility index (Phi) is 8.67. The minimum atomic E-state index is -0.393. The van der Waals surface area contributed by atoms with Gasteiger partial charge in [0, 0.05) is 26.8 Å². The van der Waals surface area contributed by atoms with Crippen molar-refractivity contribution in [1.82, 2.24) is 15.4 Å². The van der Waals surface area contributed by atoms with Crippen LogP contribution in [0.15, 0.2) is 42.5 Å². The molecule has 0 aliphatic rings. The van der Waals surface area contributed by atoms with Crippen LogP contribution in [0, 0.1) is 0 Å². The second-order valence-corrected chi connectivity index (χ2v) is 7.64. The number of aromatic nitrogens is 1. The minimum absolute atomic E-state index is 0.158. The predicted octanol–water partition coefficient (Wildman–Crippen LogP) is 5.09. The lowest BCUT2D eigenvalue weighted by Gasteiger charge is -2.14. The first kappa shape index (κ1) is 23.7. The molecule has 1 heterocycles. The molecule has 3 rings (SSSR count). The average Bonchev–Trinajstić information content (AvgIpc) is 3.19. The van der Waals surface area contributed by atoms with Crippen molar-refractivity contribution in [2.75, 3.05) is 38.5 Å². The van der Waals surface area contributed by atoms with E-state index in [1.807, 2.05) is 24.3 Å². The zero-order valence-electron chi connectivity index (χ0n) is 16.8. The fourth-order valence-corrected chi connectivity index (χ4v) is 3.34. The number of carbonyl (C=O) groups is 2. The molecule has 0 radical (unpaired) electrons. The number of benzene rings is 2. The van der Waals surface area contributed by atoms with Crippen LogP contribution in [0.4, 0.5) is 20.4 Å². The number of urea groups is 2.